The number of benzene rings is 2. The highest BCUT2D eigenvalue weighted by Gasteiger charge is 2.37. The smallest absolute Gasteiger partial charge is 0.243 e. The van der Waals surface area contributed by atoms with Crippen molar-refractivity contribution in [3.63, 3.8) is 0 Å². The molecule has 0 saturated carbocycles. The third kappa shape index (κ3) is 4.90. The van der Waals surface area contributed by atoms with Crippen LogP contribution in [0.3, 0.4) is 0 Å². The van der Waals surface area contributed by atoms with Crippen molar-refractivity contribution in [1.29, 1.82) is 5.26 Å². The van der Waals surface area contributed by atoms with Gasteiger partial charge in [-0.25, -0.2) is 8.42 Å². The predicted molar refractivity (Wildman–Crippen MR) is 115 cm³/mol. The Morgan fingerprint density at radius 2 is 1.90 bits per heavy atom. The summed E-state index contributed by atoms with van der Waals surface area (Å²) in [4.78, 5) is 12.9. The Morgan fingerprint density at radius 3 is 2.50 bits per heavy atom. The number of nitrogens with zero attached hydrogens (tertiary/aromatic N) is 2. The highest BCUT2D eigenvalue weighted by Crippen LogP contribution is 2.33. The summed E-state index contributed by atoms with van der Waals surface area (Å²) in [7, 11) is -2.50. The molecule has 0 aromatic heterocycles. The molecule has 0 unspecified atom stereocenters. The number of amides is 1. The highest BCUT2D eigenvalue weighted by molar-refractivity contribution is 9.10. The average Bonchev–Trinajstić information content (AvgIpc) is 2.74. The molecule has 1 fully saturated rings. The fourth-order valence-corrected chi connectivity index (χ4v) is 4.99. The van der Waals surface area contributed by atoms with E-state index in [9.17, 15) is 13.2 Å². The van der Waals surface area contributed by atoms with Crippen molar-refractivity contribution in [3.8, 4) is 6.07 Å². The molecule has 1 aliphatic rings. The van der Waals surface area contributed by atoms with Gasteiger partial charge < -0.3 is 10.1 Å². The van der Waals surface area contributed by atoms with Gasteiger partial charge in [0, 0.05) is 24.7 Å². The molecule has 0 radical (unpaired) electrons. The first-order valence-electron chi connectivity index (χ1n) is 9.38. The number of nitriles is 1. The molecule has 0 atom stereocenters. The van der Waals surface area contributed by atoms with Crippen molar-refractivity contribution in [2.45, 2.75) is 23.3 Å². The molecule has 9 heteroatoms. The van der Waals surface area contributed by atoms with E-state index >= 15 is 0 Å². The third-order valence-electron chi connectivity index (χ3n) is 5.16. The molecule has 0 bridgehead atoms. The van der Waals surface area contributed by atoms with Crippen molar-refractivity contribution in [3.05, 3.63) is 64.1 Å². The van der Waals surface area contributed by atoms with Crippen molar-refractivity contribution in [1.82, 2.24) is 9.62 Å². The molecule has 0 spiro atoms. The van der Waals surface area contributed by atoms with Crippen LogP contribution in [-0.2, 0) is 25.1 Å². The van der Waals surface area contributed by atoms with Crippen molar-refractivity contribution in [2.75, 3.05) is 26.8 Å². The third-order valence-corrected chi connectivity index (χ3v) is 7.47. The Morgan fingerprint density at radius 1 is 1.23 bits per heavy atom. The Hall–Kier alpha value is -2.25. The minimum Gasteiger partial charge on any atom is -0.381 e. The first-order valence-corrected chi connectivity index (χ1v) is 11.6. The first kappa shape index (κ1) is 22.4. The molecule has 7 nitrogen and oxygen atoms in total. The van der Waals surface area contributed by atoms with Crippen LogP contribution in [0.15, 0.2) is 57.9 Å². The molecule has 1 N–H and O–H groups in total. The fraction of sp³-hybridized carbons (Fsp3) is 0.333. The SMILES string of the molecule is CN(CC(=O)NC1(c2cccc(Br)c2)CCOCC1)S(=O)(=O)c1ccc(C#N)cc1. The van der Waals surface area contributed by atoms with E-state index in [4.69, 9.17) is 10.00 Å². The second-order valence-electron chi connectivity index (χ2n) is 7.15. The van der Waals surface area contributed by atoms with Crippen LogP contribution in [0, 0.1) is 11.3 Å². The minimum atomic E-state index is -3.86. The van der Waals surface area contributed by atoms with Gasteiger partial charge in [0.25, 0.3) is 0 Å². The van der Waals surface area contributed by atoms with Gasteiger partial charge in [-0.3, -0.25) is 4.79 Å². The lowest BCUT2D eigenvalue weighted by molar-refractivity contribution is -0.124. The van der Waals surface area contributed by atoms with Crippen LogP contribution >= 0.6 is 15.9 Å². The number of ether oxygens (including phenoxy) is 1. The van der Waals surface area contributed by atoms with E-state index in [0.29, 0.717) is 31.6 Å². The molecule has 1 aliphatic heterocycles. The van der Waals surface area contributed by atoms with Crippen LogP contribution in [0.25, 0.3) is 0 Å². The quantitative estimate of drug-likeness (QED) is 0.669. The maximum absolute atomic E-state index is 12.9. The number of nitrogens with one attached hydrogen (secondary N) is 1. The molecule has 30 heavy (non-hydrogen) atoms. The molecule has 2 aromatic rings. The van der Waals surface area contributed by atoms with Gasteiger partial charge in [-0.05, 0) is 54.8 Å². The van der Waals surface area contributed by atoms with Gasteiger partial charge in [0.1, 0.15) is 0 Å². The molecule has 2 aromatic carbocycles. The van der Waals surface area contributed by atoms with Crippen LogP contribution in [0.4, 0.5) is 0 Å². The van der Waals surface area contributed by atoms with Crippen LogP contribution in [0.5, 0.6) is 0 Å². The lowest BCUT2D eigenvalue weighted by Crippen LogP contribution is -2.52. The number of rotatable bonds is 6. The van der Waals surface area contributed by atoms with E-state index in [-0.39, 0.29) is 11.4 Å². The molecule has 1 amide bonds. The Kier molecular flexibility index (Phi) is 6.93. The summed E-state index contributed by atoms with van der Waals surface area (Å²) >= 11 is 3.47. The van der Waals surface area contributed by atoms with Crippen molar-refractivity contribution < 1.29 is 17.9 Å². The van der Waals surface area contributed by atoms with Gasteiger partial charge in [-0.2, -0.15) is 9.57 Å². The van der Waals surface area contributed by atoms with Crippen molar-refractivity contribution in [2.24, 2.45) is 0 Å². The van der Waals surface area contributed by atoms with E-state index in [0.717, 1.165) is 14.3 Å². The summed E-state index contributed by atoms with van der Waals surface area (Å²) in [6.07, 6.45) is 1.20. The van der Waals surface area contributed by atoms with Crippen LogP contribution in [0.1, 0.15) is 24.0 Å². The Bertz CT molecular complexity index is 1060. The fourth-order valence-electron chi connectivity index (χ4n) is 3.47. The number of sulfonamides is 1. The number of carbonyl (C=O) groups excluding carboxylic acids is 1. The maximum Gasteiger partial charge on any atom is 0.243 e. The average molecular weight is 492 g/mol. The molecular weight excluding hydrogens is 470 g/mol. The molecular formula is C21H22BrN3O4S. The first-order chi connectivity index (χ1) is 14.3. The Balaban J connectivity index is 1.77. The van der Waals surface area contributed by atoms with Crippen molar-refractivity contribution >= 4 is 31.9 Å². The summed E-state index contributed by atoms with van der Waals surface area (Å²) in [6, 6.07) is 15.3. The lowest BCUT2D eigenvalue weighted by atomic mass is 9.82. The van der Waals surface area contributed by atoms with Gasteiger partial charge in [-0.1, -0.05) is 28.1 Å². The monoisotopic (exact) mass is 491 g/mol. The number of halogens is 1. The number of hydrogen-bond donors (Lipinski definition) is 1. The predicted octanol–water partition coefficient (Wildman–Crippen LogP) is 2.76. The normalized spacial score (nSPS) is 16.1. The van der Waals surface area contributed by atoms with Gasteiger partial charge in [-0.15, -0.1) is 0 Å². The maximum atomic E-state index is 12.9. The highest BCUT2D eigenvalue weighted by atomic mass is 79.9. The molecule has 1 saturated heterocycles. The van der Waals surface area contributed by atoms with E-state index in [1.54, 1.807) is 0 Å². The summed E-state index contributed by atoms with van der Waals surface area (Å²) in [5, 5.41) is 11.9. The zero-order valence-corrected chi connectivity index (χ0v) is 18.9. The van der Waals surface area contributed by atoms with E-state index in [2.05, 4.69) is 21.2 Å². The molecule has 0 aliphatic carbocycles. The molecule has 158 valence electrons. The van der Waals surface area contributed by atoms with Crippen LogP contribution < -0.4 is 5.32 Å². The summed E-state index contributed by atoms with van der Waals surface area (Å²) in [6.45, 7) is 0.692. The number of likely N-dealkylation sites (N-methyl/N-ethyl adjacent to an activating group) is 1. The number of hydrogen-bond acceptors (Lipinski definition) is 5. The van der Waals surface area contributed by atoms with Gasteiger partial charge in [0.15, 0.2) is 0 Å². The van der Waals surface area contributed by atoms with Crippen LogP contribution in [-0.4, -0.2) is 45.4 Å². The summed E-state index contributed by atoms with van der Waals surface area (Å²) < 4.78 is 33.0. The van der Waals surface area contributed by atoms with Crippen LogP contribution in [0.2, 0.25) is 0 Å². The van der Waals surface area contributed by atoms with Gasteiger partial charge >= 0.3 is 0 Å². The standard InChI is InChI=1S/C21H22BrN3O4S/c1-25(30(27,28)19-7-5-16(14-23)6-8-19)15-20(26)24-21(9-11-29-12-10-21)17-3-2-4-18(22)13-17/h2-8,13H,9-12,15H2,1H3,(H,24,26). The summed E-state index contributed by atoms with van der Waals surface area (Å²) in [5.41, 5.74) is 0.703. The van der Waals surface area contributed by atoms with E-state index in [1.165, 1.54) is 31.3 Å². The lowest BCUT2D eigenvalue weighted by Gasteiger charge is -2.39. The second-order valence-corrected chi connectivity index (χ2v) is 10.1. The van der Waals surface area contributed by atoms with E-state index < -0.39 is 21.5 Å². The molecule has 3 rings (SSSR count). The van der Waals surface area contributed by atoms with Gasteiger partial charge in [0.2, 0.25) is 15.9 Å². The Labute approximate surface area is 184 Å². The van der Waals surface area contributed by atoms with E-state index in [1.807, 2.05) is 30.3 Å². The topological polar surface area (TPSA) is 99.5 Å². The zero-order valence-electron chi connectivity index (χ0n) is 16.5. The van der Waals surface area contributed by atoms with Gasteiger partial charge in [0.05, 0.1) is 28.6 Å². The zero-order chi connectivity index (χ0) is 21.8. The molecule has 1 heterocycles. The second kappa shape index (κ2) is 9.27. The largest absolute Gasteiger partial charge is 0.381 e. The summed E-state index contributed by atoms with van der Waals surface area (Å²) in [5.74, 6) is -0.392. The number of carbonyl (C=O) groups is 1. The minimum absolute atomic E-state index is 0.0320.